The molecular formula is C32H39F2N7O4S. The van der Waals surface area contributed by atoms with Crippen LogP contribution in [0.3, 0.4) is 0 Å². The Kier molecular flexibility index (Phi) is 7.70. The van der Waals surface area contributed by atoms with Crippen LogP contribution in [0.1, 0.15) is 61.5 Å². The molecule has 3 fully saturated rings. The highest BCUT2D eigenvalue weighted by atomic mass is 32.2. The van der Waals surface area contributed by atoms with Crippen molar-refractivity contribution in [2.45, 2.75) is 77.0 Å². The maximum Gasteiger partial charge on any atom is 0.329 e. The number of rotatable bonds is 10. The Morgan fingerprint density at radius 2 is 1.83 bits per heavy atom. The van der Waals surface area contributed by atoms with E-state index in [0.717, 1.165) is 62.6 Å². The molecule has 11 nitrogen and oxygen atoms in total. The zero-order valence-electron chi connectivity index (χ0n) is 26.2. The number of nitrogens with two attached hydrogens (primary N) is 1. The molecule has 5 heterocycles. The molecule has 14 heteroatoms. The summed E-state index contributed by atoms with van der Waals surface area (Å²) in [6.45, 7) is -0.162. The molecule has 0 unspecified atom stereocenters. The van der Waals surface area contributed by atoms with Crippen LogP contribution in [-0.2, 0) is 23.0 Å². The van der Waals surface area contributed by atoms with E-state index in [0.29, 0.717) is 58.7 Å². The molecule has 4 aromatic rings. The number of sulfonamides is 1. The van der Waals surface area contributed by atoms with Gasteiger partial charge in [0.15, 0.2) is 5.88 Å². The number of amides is 1. The Hall–Kier alpha value is -3.78. The second kappa shape index (κ2) is 11.5. The molecule has 0 radical (unpaired) electrons. The topological polar surface area (TPSA) is 128 Å². The molecule has 2 atom stereocenters. The molecule has 0 spiro atoms. The molecule has 0 aromatic carbocycles. The molecule has 46 heavy (non-hydrogen) atoms. The van der Waals surface area contributed by atoms with Gasteiger partial charge in [0, 0.05) is 42.2 Å². The van der Waals surface area contributed by atoms with E-state index in [1.807, 2.05) is 26.9 Å². The second-order valence-corrected chi connectivity index (χ2v) is 15.0. The number of alkyl halides is 2. The van der Waals surface area contributed by atoms with Crippen molar-refractivity contribution in [2.24, 2.45) is 17.6 Å². The molecule has 0 bridgehead atoms. The van der Waals surface area contributed by atoms with Crippen LogP contribution < -0.4 is 14.8 Å². The van der Waals surface area contributed by atoms with Gasteiger partial charge >= 0.3 is 6.55 Å². The number of pyridine rings is 2. The number of piperidine rings is 1. The van der Waals surface area contributed by atoms with E-state index in [-0.39, 0.29) is 28.1 Å². The van der Waals surface area contributed by atoms with E-state index in [1.165, 1.54) is 6.07 Å². The van der Waals surface area contributed by atoms with Gasteiger partial charge in [-0.1, -0.05) is 0 Å². The molecule has 2 aliphatic carbocycles. The second-order valence-electron chi connectivity index (χ2n) is 13.2. The SMILES string of the molecule is COc1cc(C(=O)N2C[C@H](N)CC[C@@H]2C)cc2nc(-c3cc4ccc(N(C(F)F)S(C)(=O)=O)nc4n3CC3CC3)c(CC3CC3)n12. The van der Waals surface area contributed by atoms with E-state index < -0.39 is 16.6 Å². The fourth-order valence-corrected chi connectivity index (χ4v) is 7.37. The first-order valence-electron chi connectivity index (χ1n) is 15.9. The highest BCUT2D eigenvalue weighted by molar-refractivity contribution is 7.92. The summed E-state index contributed by atoms with van der Waals surface area (Å²) in [4.78, 5) is 25.2. The third kappa shape index (κ3) is 5.70. The third-order valence-corrected chi connectivity index (χ3v) is 10.5. The molecule has 1 amide bonds. The third-order valence-electron chi connectivity index (χ3n) is 9.47. The van der Waals surface area contributed by atoms with Crippen LogP contribution in [0.5, 0.6) is 5.88 Å². The zero-order chi connectivity index (χ0) is 32.5. The predicted molar refractivity (Wildman–Crippen MR) is 171 cm³/mol. The summed E-state index contributed by atoms with van der Waals surface area (Å²) in [5, 5.41) is 0.690. The van der Waals surface area contributed by atoms with Crippen LogP contribution in [0, 0.1) is 11.8 Å². The minimum absolute atomic E-state index is 0.0451. The summed E-state index contributed by atoms with van der Waals surface area (Å²) in [5.41, 5.74) is 10.1. The average molecular weight is 656 g/mol. The Bertz CT molecular complexity index is 1930. The van der Waals surface area contributed by atoms with E-state index in [4.69, 9.17) is 15.5 Å². The molecule has 7 rings (SSSR count). The van der Waals surface area contributed by atoms with Crippen LogP contribution in [0.15, 0.2) is 30.3 Å². The zero-order valence-corrected chi connectivity index (χ0v) is 27.0. The number of hydrogen-bond donors (Lipinski definition) is 1. The number of aromatic nitrogens is 4. The molecular weight excluding hydrogens is 616 g/mol. The van der Waals surface area contributed by atoms with Gasteiger partial charge in [0.2, 0.25) is 10.0 Å². The largest absolute Gasteiger partial charge is 0.482 e. The van der Waals surface area contributed by atoms with Crippen LogP contribution in [0.25, 0.3) is 28.1 Å². The summed E-state index contributed by atoms with van der Waals surface area (Å²) >= 11 is 0. The van der Waals surface area contributed by atoms with Gasteiger partial charge in [0.05, 0.1) is 24.8 Å². The summed E-state index contributed by atoms with van der Waals surface area (Å²) < 4.78 is 62.3. The van der Waals surface area contributed by atoms with Gasteiger partial charge in [-0.2, -0.15) is 13.1 Å². The number of imidazole rings is 1. The lowest BCUT2D eigenvalue weighted by molar-refractivity contribution is 0.0612. The standard InChI is InChI=1S/C32H39F2N7O4S/c1-18-4-10-23(35)17-38(18)31(42)22-14-27-36-29(25(12-19-5-6-19)40(27)28(15-22)45-2)24-13-21-9-11-26(41(32(33)34)46(3,43)44)37-30(21)39(24)16-20-7-8-20/h9,11,13-15,18-20,23,32H,4-8,10,12,16-17,35H2,1-3H3/t18-,23+/m0/s1. The van der Waals surface area contributed by atoms with Crippen molar-refractivity contribution in [3.8, 4) is 17.3 Å². The number of ether oxygens (including phenoxy) is 1. The van der Waals surface area contributed by atoms with Gasteiger partial charge < -0.3 is 19.9 Å². The van der Waals surface area contributed by atoms with Crippen molar-refractivity contribution in [2.75, 3.05) is 24.2 Å². The Balaban J connectivity index is 1.40. The average Bonchev–Trinajstić information content (AvgIpc) is 3.93. The summed E-state index contributed by atoms with van der Waals surface area (Å²) in [7, 11) is -2.70. The van der Waals surface area contributed by atoms with E-state index in [9.17, 15) is 22.0 Å². The first-order valence-corrected chi connectivity index (χ1v) is 17.7. The van der Waals surface area contributed by atoms with Gasteiger partial charge in [-0.3, -0.25) is 9.20 Å². The fraction of sp³-hybridized carbons (Fsp3) is 0.531. The van der Waals surface area contributed by atoms with Crippen LogP contribution >= 0.6 is 0 Å². The van der Waals surface area contributed by atoms with Crippen LogP contribution in [-0.4, -0.2) is 76.7 Å². The number of fused-ring (bicyclic) bond motifs is 2. The van der Waals surface area contributed by atoms with Crippen molar-refractivity contribution in [3.05, 3.63) is 41.6 Å². The van der Waals surface area contributed by atoms with E-state index in [1.54, 1.807) is 25.3 Å². The lowest BCUT2D eigenvalue weighted by Gasteiger charge is -2.36. The van der Waals surface area contributed by atoms with Gasteiger partial charge in [-0.15, -0.1) is 0 Å². The quantitative estimate of drug-likeness (QED) is 0.246. The number of methoxy groups -OCH3 is 1. The van der Waals surface area contributed by atoms with Crippen molar-refractivity contribution < 1.29 is 26.7 Å². The maximum atomic E-state index is 13.9. The van der Waals surface area contributed by atoms with Crippen molar-refractivity contribution in [1.29, 1.82) is 0 Å². The maximum absolute atomic E-state index is 13.9. The lowest BCUT2D eigenvalue weighted by Crippen LogP contribution is -2.50. The summed E-state index contributed by atoms with van der Waals surface area (Å²) in [5.74, 6) is 0.916. The van der Waals surface area contributed by atoms with E-state index >= 15 is 0 Å². The van der Waals surface area contributed by atoms with Gasteiger partial charge in [-0.05, 0) is 88.0 Å². The minimum Gasteiger partial charge on any atom is -0.482 e. The Morgan fingerprint density at radius 1 is 1.09 bits per heavy atom. The molecule has 4 aromatic heterocycles. The number of likely N-dealkylation sites (tertiary alicyclic amines) is 1. The monoisotopic (exact) mass is 655 g/mol. The normalized spacial score (nSPS) is 20.6. The van der Waals surface area contributed by atoms with Gasteiger partial charge in [0.25, 0.3) is 5.91 Å². The van der Waals surface area contributed by atoms with Crippen LogP contribution in [0.4, 0.5) is 14.6 Å². The Morgan fingerprint density at radius 3 is 2.48 bits per heavy atom. The number of carbonyl (C=O) groups is 1. The minimum atomic E-state index is -4.28. The highest BCUT2D eigenvalue weighted by Crippen LogP contribution is 2.41. The number of carbonyl (C=O) groups excluding carboxylic acids is 1. The molecule has 246 valence electrons. The van der Waals surface area contributed by atoms with Crippen LogP contribution in [0.2, 0.25) is 0 Å². The predicted octanol–water partition coefficient (Wildman–Crippen LogP) is 4.66. The number of hydrogen-bond acceptors (Lipinski definition) is 7. The number of nitrogens with zero attached hydrogens (tertiary/aromatic N) is 6. The van der Waals surface area contributed by atoms with Crippen molar-refractivity contribution in [1.82, 2.24) is 23.8 Å². The van der Waals surface area contributed by atoms with Gasteiger partial charge in [0.1, 0.15) is 22.8 Å². The Labute approximate surface area is 266 Å². The first kappa shape index (κ1) is 30.9. The van der Waals surface area contributed by atoms with Crippen molar-refractivity contribution >= 4 is 38.4 Å². The number of anilines is 1. The molecule has 2 saturated carbocycles. The fourth-order valence-electron chi connectivity index (χ4n) is 6.63. The molecule has 3 aliphatic rings. The number of halogens is 2. The lowest BCUT2D eigenvalue weighted by atomic mass is 9.99. The summed E-state index contributed by atoms with van der Waals surface area (Å²) in [6, 6.07) is 8.44. The molecule has 1 aliphatic heterocycles. The smallest absolute Gasteiger partial charge is 0.329 e. The molecule has 1 saturated heterocycles. The van der Waals surface area contributed by atoms with E-state index in [2.05, 4.69) is 4.98 Å². The van der Waals surface area contributed by atoms with Gasteiger partial charge in [-0.25, -0.2) is 18.4 Å². The molecule has 2 N–H and O–H groups in total. The highest BCUT2D eigenvalue weighted by Gasteiger charge is 2.34. The van der Waals surface area contributed by atoms with Crippen molar-refractivity contribution in [3.63, 3.8) is 0 Å². The summed E-state index contributed by atoms with van der Waals surface area (Å²) in [6.07, 6.45) is 7.47. The first-order chi connectivity index (χ1) is 21.9.